The molecule has 1 fully saturated rings. The molecular weight excluding hydrogens is 264 g/mol. The van der Waals surface area contributed by atoms with Crippen molar-refractivity contribution in [2.24, 2.45) is 11.7 Å². The zero-order valence-electron chi connectivity index (χ0n) is 12.6. The van der Waals surface area contributed by atoms with E-state index in [-0.39, 0.29) is 41.9 Å². The Balaban J connectivity index is 0.00000324. The van der Waals surface area contributed by atoms with Crippen molar-refractivity contribution in [3.05, 3.63) is 0 Å². The fourth-order valence-corrected chi connectivity index (χ4v) is 2.70. The molecule has 0 bridgehead atoms. The maximum absolute atomic E-state index is 12.1. The number of methoxy groups -OCH3 is 1. The van der Waals surface area contributed by atoms with Crippen molar-refractivity contribution in [1.82, 2.24) is 5.32 Å². The topological polar surface area (TPSA) is 64.3 Å². The van der Waals surface area contributed by atoms with Crippen molar-refractivity contribution < 1.29 is 9.53 Å². The number of halogens is 1. The number of nitrogens with one attached hydrogen (secondary N) is 1. The van der Waals surface area contributed by atoms with Crippen LogP contribution in [-0.4, -0.2) is 30.7 Å². The van der Waals surface area contributed by atoms with Gasteiger partial charge in [0.25, 0.3) is 0 Å². The Bertz CT molecular complexity index is 285. The van der Waals surface area contributed by atoms with Crippen LogP contribution < -0.4 is 11.1 Å². The molecule has 4 nitrogen and oxygen atoms in total. The first-order valence-electron chi connectivity index (χ1n) is 6.95. The molecule has 1 aliphatic carbocycles. The second-order valence-corrected chi connectivity index (χ2v) is 6.20. The second-order valence-electron chi connectivity index (χ2n) is 6.20. The monoisotopic (exact) mass is 292 g/mol. The van der Waals surface area contributed by atoms with Gasteiger partial charge in [0.15, 0.2) is 0 Å². The molecule has 3 unspecified atom stereocenters. The lowest BCUT2D eigenvalue weighted by Gasteiger charge is -2.30. The number of hydrogen-bond donors (Lipinski definition) is 2. The molecule has 0 spiro atoms. The first kappa shape index (κ1) is 18.7. The summed E-state index contributed by atoms with van der Waals surface area (Å²) in [5.41, 5.74) is 5.72. The number of rotatable bonds is 5. The molecule has 1 rings (SSSR count). The summed E-state index contributed by atoms with van der Waals surface area (Å²) in [6, 6.07) is 0.325. The summed E-state index contributed by atoms with van der Waals surface area (Å²) in [6.07, 6.45) is 4.73. The highest BCUT2D eigenvalue weighted by Gasteiger charge is 2.27. The second kappa shape index (κ2) is 8.08. The van der Waals surface area contributed by atoms with Crippen LogP contribution in [0.1, 0.15) is 52.9 Å². The van der Waals surface area contributed by atoms with Gasteiger partial charge in [-0.3, -0.25) is 4.79 Å². The largest absolute Gasteiger partial charge is 0.379 e. The summed E-state index contributed by atoms with van der Waals surface area (Å²) < 4.78 is 5.38. The minimum Gasteiger partial charge on any atom is -0.379 e. The molecule has 19 heavy (non-hydrogen) atoms. The van der Waals surface area contributed by atoms with E-state index in [0.717, 1.165) is 32.1 Å². The van der Waals surface area contributed by atoms with Crippen molar-refractivity contribution in [3.8, 4) is 0 Å². The van der Waals surface area contributed by atoms with E-state index in [4.69, 9.17) is 10.5 Å². The van der Waals surface area contributed by atoms with Crippen LogP contribution in [0.4, 0.5) is 0 Å². The van der Waals surface area contributed by atoms with Gasteiger partial charge < -0.3 is 15.8 Å². The summed E-state index contributed by atoms with van der Waals surface area (Å²) in [5.74, 6) is 0.256. The lowest BCUT2D eigenvalue weighted by molar-refractivity contribution is -0.127. The van der Waals surface area contributed by atoms with Crippen molar-refractivity contribution in [2.45, 2.75) is 70.6 Å². The molecule has 0 heterocycles. The fraction of sp³-hybridized carbons (Fsp3) is 0.929. The highest BCUT2D eigenvalue weighted by atomic mass is 35.5. The van der Waals surface area contributed by atoms with E-state index in [0.29, 0.717) is 0 Å². The molecule has 1 aliphatic rings. The number of hydrogen-bond acceptors (Lipinski definition) is 3. The molecular formula is C14H29ClN2O2. The Morgan fingerprint density at radius 2 is 2.11 bits per heavy atom. The maximum atomic E-state index is 12.1. The summed E-state index contributed by atoms with van der Waals surface area (Å²) in [5, 5.41) is 3.09. The van der Waals surface area contributed by atoms with E-state index in [2.05, 4.69) is 5.32 Å². The molecule has 5 heteroatoms. The van der Waals surface area contributed by atoms with Crippen LogP contribution in [0.25, 0.3) is 0 Å². The molecule has 0 aromatic carbocycles. The number of nitrogens with two attached hydrogens (primary N) is 1. The Hall–Kier alpha value is -0.320. The van der Waals surface area contributed by atoms with Crippen LogP contribution >= 0.6 is 12.4 Å². The third-order valence-electron chi connectivity index (χ3n) is 3.82. The number of carbonyl (C=O) groups is 1. The Morgan fingerprint density at radius 1 is 1.47 bits per heavy atom. The van der Waals surface area contributed by atoms with E-state index in [1.54, 1.807) is 7.11 Å². The normalized spacial score (nSPS) is 25.3. The van der Waals surface area contributed by atoms with Crippen molar-refractivity contribution in [1.29, 1.82) is 0 Å². The van der Waals surface area contributed by atoms with E-state index in [9.17, 15) is 4.79 Å². The summed E-state index contributed by atoms with van der Waals surface area (Å²) in [4.78, 5) is 12.1. The Labute approximate surface area is 123 Å². The highest BCUT2D eigenvalue weighted by molar-refractivity contribution is 5.85. The zero-order valence-corrected chi connectivity index (χ0v) is 13.4. The predicted octanol–water partition coefficient (Wildman–Crippen LogP) is 2.25. The number of amides is 1. The molecule has 3 atom stereocenters. The quantitative estimate of drug-likeness (QED) is 0.817. The maximum Gasteiger partial charge on any atom is 0.223 e. The molecule has 0 radical (unpaired) electrons. The summed E-state index contributed by atoms with van der Waals surface area (Å²) in [6.45, 7) is 6.10. The first-order chi connectivity index (χ1) is 8.34. The van der Waals surface area contributed by atoms with Gasteiger partial charge in [0.2, 0.25) is 5.91 Å². The van der Waals surface area contributed by atoms with Gasteiger partial charge in [0.05, 0.1) is 5.60 Å². The average molecular weight is 293 g/mol. The standard InChI is InChI=1S/C14H28N2O2.ClH/c1-10(9-14(2,3)18-4)16-13(17)11-6-5-7-12(15)8-11;/h10-12H,5-9,15H2,1-4H3,(H,16,17);1H. The first-order valence-corrected chi connectivity index (χ1v) is 6.95. The van der Waals surface area contributed by atoms with Gasteiger partial charge in [-0.2, -0.15) is 0 Å². The van der Waals surface area contributed by atoms with Crippen molar-refractivity contribution in [2.75, 3.05) is 7.11 Å². The molecule has 0 aromatic rings. The van der Waals surface area contributed by atoms with Gasteiger partial charge in [-0.1, -0.05) is 6.42 Å². The van der Waals surface area contributed by atoms with Crippen LogP contribution in [0.2, 0.25) is 0 Å². The minimum absolute atomic E-state index is 0. The third kappa shape index (κ3) is 6.59. The summed E-state index contributed by atoms with van der Waals surface area (Å²) in [7, 11) is 1.70. The van der Waals surface area contributed by atoms with E-state index in [1.165, 1.54) is 0 Å². The van der Waals surface area contributed by atoms with Crippen molar-refractivity contribution >= 4 is 18.3 Å². The molecule has 1 amide bonds. The van der Waals surface area contributed by atoms with Gasteiger partial charge in [-0.25, -0.2) is 0 Å². The zero-order chi connectivity index (χ0) is 13.8. The molecule has 3 N–H and O–H groups in total. The molecule has 0 saturated heterocycles. The van der Waals surface area contributed by atoms with Gasteiger partial charge in [-0.15, -0.1) is 12.4 Å². The van der Waals surface area contributed by atoms with Crippen LogP contribution in [0, 0.1) is 5.92 Å². The third-order valence-corrected chi connectivity index (χ3v) is 3.82. The van der Waals surface area contributed by atoms with E-state index >= 15 is 0 Å². The van der Waals surface area contributed by atoms with Gasteiger partial charge in [0.1, 0.15) is 0 Å². The predicted molar refractivity (Wildman–Crippen MR) is 80.5 cm³/mol. The van der Waals surface area contributed by atoms with Gasteiger partial charge in [-0.05, 0) is 46.5 Å². The van der Waals surface area contributed by atoms with Gasteiger partial charge in [0, 0.05) is 25.1 Å². The highest BCUT2D eigenvalue weighted by Crippen LogP contribution is 2.24. The number of carbonyl (C=O) groups excluding carboxylic acids is 1. The Morgan fingerprint density at radius 3 is 2.63 bits per heavy atom. The van der Waals surface area contributed by atoms with E-state index in [1.807, 2.05) is 20.8 Å². The summed E-state index contributed by atoms with van der Waals surface area (Å²) >= 11 is 0. The lowest BCUT2D eigenvalue weighted by Crippen LogP contribution is -2.43. The van der Waals surface area contributed by atoms with E-state index < -0.39 is 0 Å². The van der Waals surface area contributed by atoms with Crippen LogP contribution in [0.3, 0.4) is 0 Å². The molecule has 114 valence electrons. The SMILES string of the molecule is COC(C)(C)CC(C)NC(=O)C1CCCC(N)C1.Cl. The van der Waals surface area contributed by atoms with Crippen molar-refractivity contribution in [3.63, 3.8) is 0 Å². The van der Waals surface area contributed by atoms with Gasteiger partial charge >= 0.3 is 0 Å². The average Bonchev–Trinajstić information content (AvgIpc) is 2.28. The number of ether oxygens (including phenoxy) is 1. The smallest absolute Gasteiger partial charge is 0.223 e. The van der Waals surface area contributed by atoms with Crippen LogP contribution in [0.15, 0.2) is 0 Å². The molecule has 0 aromatic heterocycles. The minimum atomic E-state index is -0.199. The van der Waals surface area contributed by atoms with Crippen LogP contribution in [-0.2, 0) is 9.53 Å². The lowest BCUT2D eigenvalue weighted by atomic mass is 9.85. The Kier molecular flexibility index (Phi) is 7.94. The molecule has 1 saturated carbocycles. The fourth-order valence-electron chi connectivity index (χ4n) is 2.70. The molecule has 0 aliphatic heterocycles. The van der Waals surface area contributed by atoms with Crippen LogP contribution in [0.5, 0.6) is 0 Å².